The predicted molar refractivity (Wildman–Crippen MR) is 92.4 cm³/mol. The Kier molecular flexibility index (Phi) is 8.67. The van der Waals surface area contributed by atoms with E-state index < -0.39 is 0 Å². The molecule has 0 bridgehead atoms. The summed E-state index contributed by atoms with van der Waals surface area (Å²) >= 11 is 6.39. The van der Waals surface area contributed by atoms with Crippen molar-refractivity contribution in [1.29, 1.82) is 0 Å². The average Bonchev–Trinajstić information content (AvgIpc) is 2.58. The van der Waals surface area contributed by atoms with Gasteiger partial charge in [-0.25, -0.2) is 5.26 Å². The van der Waals surface area contributed by atoms with Gasteiger partial charge >= 0.3 is 0 Å². The van der Waals surface area contributed by atoms with Crippen molar-refractivity contribution in [1.82, 2.24) is 0 Å². The molecule has 3 N–H and O–H groups in total. The number of fused-ring (bicyclic) bond motifs is 1. The van der Waals surface area contributed by atoms with E-state index in [0.717, 1.165) is 5.39 Å². The number of halogens is 1. The first-order chi connectivity index (χ1) is 11.2. The van der Waals surface area contributed by atoms with E-state index in [1.54, 1.807) is 12.1 Å². The van der Waals surface area contributed by atoms with Crippen LogP contribution in [0.25, 0.3) is 10.8 Å². The molecule has 23 heavy (non-hydrogen) atoms. The van der Waals surface area contributed by atoms with Crippen molar-refractivity contribution in [3.05, 3.63) is 24.3 Å². The molecule has 0 heterocycles. The fraction of sp³-hybridized carbons (Fsp3) is 0.286. The fourth-order valence-corrected chi connectivity index (χ4v) is 2.57. The van der Waals surface area contributed by atoms with Crippen LogP contribution in [0.4, 0.5) is 11.4 Å². The number of hydrogen-bond donors (Lipinski definition) is 3. The second kappa shape index (κ2) is 10.2. The van der Waals surface area contributed by atoms with E-state index in [1.807, 2.05) is 26.0 Å². The second-order valence-corrected chi connectivity index (χ2v) is 4.82. The van der Waals surface area contributed by atoms with Gasteiger partial charge in [0.2, 0.25) is 0 Å². The van der Waals surface area contributed by atoms with Gasteiger partial charge in [-0.05, 0) is 17.5 Å². The first kappa shape index (κ1) is 19.5. The van der Waals surface area contributed by atoms with Gasteiger partial charge in [-0.2, -0.15) is 10.2 Å². The molecule has 0 aromatic heterocycles. The molecule has 7 nitrogen and oxygen atoms in total. The normalized spacial score (nSPS) is 10.7. The van der Waals surface area contributed by atoms with Crippen LogP contribution in [0.3, 0.4) is 0 Å². The number of phenolic OH excluding ortho intramolecular Hbond substituents is 1. The molecule has 2 aromatic carbocycles. The molecule has 0 aliphatic heterocycles. The van der Waals surface area contributed by atoms with Gasteiger partial charge in [-0.3, -0.25) is 0 Å². The average molecular weight is 360 g/mol. The van der Waals surface area contributed by atoms with Gasteiger partial charge in [0.15, 0.2) is 5.75 Å². The molecule has 0 spiro atoms. The van der Waals surface area contributed by atoms with Crippen LogP contribution in [0.15, 0.2) is 39.4 Å². The molecule has 0 aliphatic carbocycles. The van der Waals surface area contributed by atoms with E-state index in [4.69, 9.17) is 16.9 Å². The highest BCUT2D eigenvalue weighted by molar-refractivity contribution is 7.94. The summed E-state index contributed by atoms with van der Waals surface area (Å²) in [5.41, 5.74) is 0.874. The maximum absolute atomic E-state index is 10.5. The van der Waals surface area contributed by atoms with Crippen LogP contribution in [0, 0.1) is 0 Å². The van der Waals surface area contributed by atoms with Crippen LogP contribution in [0.2, 0.25) is 0 Å². The molecule has 126 valence electrons. The molecule has 0 amide bonds. The maximum atomic E-state index is 10.5. The number of benzene rings is 2. The third-order valence-corrected chi connectivity index (χ3v) is 3.44. The van der Waals surface area contributed by atoms with Gasteiger partial charge in [0.05, 0.1) is 22.9 Å². The van der Waals surface area contributed by atoms with Crippen molar-refractivity contribution in [2.24, 2.45) is 10.2 Å². The standard InChI is InChI=1S/C12H12ClN3O4S.C2H6/c1-14-16-11-9(21-20-19-18)5-7-3-2-4-8(15-6-13)10(7)12(11)17;1-2/h2-5,15,17-18H,6H2,1H3;1-2H3. The quantitative estimate of drug-likeness (QED) is 0.161. The zero-order valence-corrected chi connectivity index (χ0v) is 14.5. The highest BCUT2D eigenvalue weighted by atomic mass is 35.5. The largest absolute Gasteiger partial charge is 0.505 e. The summed E-state index contributed by atoms with van der Waals surface area (Å²) in [7, 11) is 1.48. The van der Waals surface area contributed by atoms with Crippen LogP contribution in [-0.4, -0.2) is 23.4 Å². The summed E-state index contributed by atoms with van der Waals surface area (Å²) in [6.45, 7) is 4.00. The van der Waals surface area contributed by atoms with Crippen LogP contribution < -0.4 is 5.32 Å². The lowest BCUT2D eigenvalue weighted by Crippen LogP contribution is -1.95. The number of phenols is 1. The molecule has 2 rings (SSSR count). The Morgan fingerprint density at radius 3 is 2.70 bits per heavy atom. The Hall–Kier alpha value is -1.58. The number of azo groups is 1. The third kappa shape index (κ3) is 4.69. The minimum absolute atomic E-state index is 0.0737. The van der Waals surface area contributed by atoms with E-state index in [0.29, 0.717) is 28.0 Å². The smallest absolute Gasteiger partial charge is 0.154 e. The molecule has 0 saturated carbocycles. The van der Waals surface area contributed by atoms with Crippen molar-refractivity contribution >= 4 is 45.8 Å². The Morgan fingerprint density at radius 2 is 2.09 bits per heavy atom. The molecular formula is C14H18ClN3O4S. The zero-order chi connectivity index (χ0) is 17.2. The number of nitrogens with zero attached hydrogens (tertiary/aromatic N) is 2. The first-order valence-electron chi connectivity index (χ1n) is 6.76. The highest BCUT2D eigenvalue weighted by Crippen LogP contribution is 2.45. The van der Waals surface area contributed by atoms with E-state index in [-0.39, 0.29) is 17.4 Å². The van der Waals surface area contributed by atoms with Gasteiger partial charge in [0.25, 0.3) is 0 Å². The number of alkyl halides is 1. The summed E-state index contributed by atoms with van der Waals surface area (Å²) in [5.74, 6) is -0.0737. The zero-order valence-electron chi connectivity index (χ0n) is 12.9. The van der Waals surface area contributed by atoms with Gasteiger partial charge in [-0.15, -0.1) is 15.9 Å². The highest BCUT2D eigenvalue weighted by Gasteiger charge is 2.16. The summed E-state index contributed by atoms with van der Waals surface area (Å²) in [4.78, 5) is 0.433. The molecule has 0 aliphatic rings. The minimum Gasteiger partial charge on any atom is -0.505 e. The molecule has 0 unspecified atom stereocenters. The summed E-state index contributed by atoms with van der Waals surface area (Å²) in [6.07, 6.45) is 0. The van der Waals surface area contributed by atoms with E-state index in [1.165, 1.54) is 7.05 Å². The molecule has 0 saturated heterocycles. The molecule has 0 fully saturated rings. The Balaban J connectivity index is 0.00000127. The number of rotatable bonds is 6. The topological polar surface area (TPSA) is 95.7 Å². The van der Waals surface area contributed by atoms with Crippen LogP contribution in [0.5, 0.6) is 5.75 Å². The molecular weight excluding hydrogens is 342 g/mol. The molecule has 0 atom stereocenters. The van der Waals surface area contributed by atoms with E-state index in [9.17, 15) is 5.11 Å². The van der Waals surface area contributed by atoms with Gasteiger partial charge in [0, 0.05) is 18.1 Å². The fourth-order valence-electron chi connectivity index (χ4n) is 1.93. The second-order valence-electron chi connectivity index (χ2n) is 3.81. The first-order valence-corrected chi connectivity index (χ1v) is 8.03. The lowest BCUT2D eigenvalue weighted by Gasteiger charge is -2.12. The van der Waals surface area contributed by atoms with Crippen molar-refractivity contribution in [3.8, 4) is 5.75 Å². The SMILES string of the molecule is CC.CN=Nc1c(SOOO)cc2cccc(NCCl)c2c1O. The number of aromatic hydroxyl groups is 1. The van der Waals surface area contributed by atoms with Crippen LogP contribution in [-0.2, 0) is 9.37 Å². The van der Waals surface area contributed by atoms with Gasteiger partial charge in [0.1, 0.15) is 5.69 Å². The Morgan fingerprint density at radius 1 is 1.35 bits per heavy atom. The lowest BCUT2D eigenvalue weighted by atomic mass is 10.1. The monoisotopic (exact) mass is 359 g/mol. The number of nitrogens with one attached hydrogen (secondary N) is 1. The van der Waals surface area contributed by atoms with E-state index in [2.05, 4.69) is 24.9 Å². The van der Waals surface area contributed by atoms with Crippen molar-refractivity contribution in [2.45, 2.75) is 18.7 Å². The molecule has 2 aromatic rings. The Bertz CT molecular complexity index is 670. The summed E-state index contributed by atoms with van der Waals surface area (Å²) in [5, 5.41) is 34.1. The predicted octanol–water partition coefficient (Wildman–Crippen LogP) is 5.32. The Labute approximate surface area is 143 Å². The van der Waals surface area contributed by atoms with Crippen LogP contribution in [0.1, 0.15) is 13.8 Å². The molecule has 0 radical (unpaired) electrons. The minimum atomic E-state index is -0.0737. The maximum Gasteiger partial charge on any atom is 0.154 e. The third-order valence-electron chi connectivity index (χ3n) is 2.69. The van der Waals surface area contributed by atoms with Crippen molar-refractivity contribution in [2.75, 3.05) is 18.4 Å². The van der Waals surface area contributed by atoms with Crippen molar-refractivity contribution < 1.29 is 19.7 Å². The van der Waals surface area contributed by atoms with Crippen molar-refractivity contribution in [3.63, 3.8) is 0 Å². The van der Waals surface area contributed by atoms with Gasteiger partial charge < -0.3 is 10.4 Å². The number of anilines is 1. The summed E-state index contributed by atoms with van der Waals surface area (Å²) in [6, 6.07) is 7.33. The molecule has 9 heteroatoms. The van der Waals surface area contributed by atoms with Crippen LogP contribution >= 0.6 is 23.6 Å². The summed E-state index contributed by atoms with van der Waals surface area (Å²) < 4.78 is 4.41. The number of hydrogen-bond acceptors (Lipinski definition) is 8. The van der Waals surface area contributed by atoms with Gasteiger partial charge in [-0.1, -0.05) is 31.0 Å². The lowest BCUT2D eigenvalue weighted by molar-refractivity contribution is -0.432. The van der Waals surface area contributed by atoms with E-state index >= 15 is 0 Å².